The molecule has 1 fully saturated rings. The first-order valence-corrected chi connectivity index (χ1v) is 6.84. The molecule has 0 unspecified atom stereocenters. The summed E-state index contributed by atoms with van der Waals surface area (Å²) in [4.78, 5) is 27.1. The number of carboxylic acids is 1. The van der Waals surface area contributed by atoms with Crippen LogP contribution in [-0.2, 0) is 4.79 Å². The molecule has 1 amide bonds. The molecule has 1 aromatic rings. The highest BCUT2D eigenvalue weighted by Gasteiger charge is 2.25. The van der Waals surface area contributed by atoms with Crippen molar-refractivity contribution in [3.05, 3.63) is 16.3 Å². The van der Waals surface area contributed by atoms with Crippen molar-refractivity contribution >= 4 is 23.2 Å². The van der Waals surface area contributed by atoms with E-state index in [2.05, 4.69) is 0 Å². The Morgan fingerprint density at radius 3 is 2.63 bits per heavy atom. The van der Waals surface area contributed by atoms with Crippen molar-refractivity contribution in [3.63, 3.8) is 0 Å². The molecule has 6 nitrogen and oxygen atoms in total. The van der Waals surface area contributed by atoms with Crippen LogP contribution in [0.3, 0.4) is 0 Å². The lowest BCUT2D eigenvalue weighted by Gasteiger charge is -2.33. The Labute approximate surface area is 115 Å². The van der Waals surface area contributed by atoms with Crippen LogP contribution in [-0.4, -0.2) is 66.6 Å². The maximum Gasteiger partial charge on any atom is 0.317 e. The first-order valence-electron chi connectivity index (χ1n) is 5.96. The SMILES string of the molecule is COc1ccsc1C(=O)N1CCN(CC(=O)O)CC1. The Balaban J connectivity index is 1.94. The maximum absolute atomic E-state index is 12.3. The van der Waals surface area contributed by atoms with Gasteiger partial charge in [-0.05, 0) is 11.4 Å². The van der Waals surface area contributed by atoms with Crippen LogP contribution in [0.4, 0.5) is 0 Å². The Morgan fingerprint density at radius 2 is 2.05 bits per heavy atom. The monoisotopic (exact) mass is 284 g/mol. The van der Waals surface area contributed by atoms with Crippen molar-refractivity contribution in [2.45, 2.75) is 0 Å². The summed E-state index contributed by atoms with van der Waals surface area (Å²) >= 11 is 1.36. The van der Waals surface area contributed by atoms with E-state index in [1.807, 2.05) is 10.3 Å². The molecule has 0 aliphatic carbocycles. The van der Waals surface area contributed by atoms with Crippen molar-refractivity contribution in [3.8, 4) is 5.75 Å². The summed E-state index contributed by atoms with van der Waals surface area (Å²) in [6.45, 7) is 2.31. The van der Waals surface area contributed by atoms with Gasteiger partial charge in [0.1, 0.15) is 10.6 Å². The average molecular weight is 284 g/mol. The summed E-state index contributed by atoms with van der Waals surface area (Å²) < 4.78 is 5.15. The molecule has 104 valence electrons. The number of ether oxygens (including phenoxy) is 1. The molecule has 1 N–H and O–H groups in total. The van der Waals surface area contributed by atoms with E-state index in [0.717, 1.165) is 0 Å². The smallest absolute Gasteiger partial charge is 0.317 e. The quantitative estimate of drug-likeness (QED) is 0.876. The number of hydrogen-bond acceptors (Lipinski definition) is 5. The van der Waals surface area contributed by atoms with Gasteiger partial charge in [-0.25, -0.2) is 0 Å². The van der Waals surface area contributed by atoms with Gasteiger partial charge in [0, 0.05) is 26.2 Å². The lowest BCUT2D eigenvalue weighted by atomic mass is 10.3. The van der Waals surface area contributed by atoms with Crippen LogP contribution in [0.2, 0.25) is 0 Å². The van der Waals surface area contributed by atoms with E-state index < -0.39 is 5.97 Å². The number of piperazine rings is 1. The molecule has 1 saturated heterocycles. The molecule has 19 heavy (non-hydrogen) atoms. The van der Waals surface area contributed by atoms with Gasteiger partial charge >= 0.3 is 5.97 Å². The van der Waals surface area contributed by atoms with Crippen LogP contribution in [0, 0.1) is 0 Å². The van der Waals surface area contributed by atoms with Crippen molar-refractivity contribution in [2.24, 2.45) is 0 Å². The standard InChI is InChI=1S/C12H16N2O4S/c1-18-9-2-7-19-11(9)12(17)14-5-3-13(4-6-14)8-10(15)16/h2,7H,3-6,8H2,1H3,(H,15,16). The van der Waals surface area contributed by atoms with Gasteiger partial charge < -0.3 is 14.7 Å². The topological polar surface area (TPSA) is 70.1 Å². The van der Waals surface area contributed by atoms with Crippen LogP contribution in [0.15, 0.2) is 11.4 Å². The second-order valence-electron chi connectivity index (χ2n) is 4.28. The Bertz CT molecular complexity index is 466. The molecule has 1 aliphatic heterocycles. The van der Waals surface area contributed by atoms with E-state index in [-0.39, 0.29) is 12.5 Å². The molecular formula is C12H16N2O4S. The fraction of sp³-hybridized carbons (Fsp3) is 0.500. The van der Waals surface area contributed by atoms with Gasteiger partial charge in [0.2, 0.25) is 0 Å². The van der Waals surface area contributed by atoms with Crippen molar-refractivity contribution in [1.29, 1.82) is 0 Å². The third-order valence-corrected chi connectivity index (χ3v) is 3.95. The summed E-state index contributed by atoms with van der Waals surface area (Å²) in [5.74, 6) is -0.274. The second-order valence-corrected chi connectivity index (χ2v) is 5.20. The number of thiophene rings is 1. The summed E-state index contributed by atoms with van der Waals surface area (Å²) in [6, 6.07) is 1.78. The van der Waals surface area contributed by atoms with Gasteiger partial charge in [-0.2, -0.15) is 0 Å². The minimum Gasteiger partial charge on any atom is -0.495 e. The largest absolute Gasteiger partial charge is 0.495 e. The lowest BCUT2D eigenvalue weighted by molar-refractivity contribution is -0.138. The van der Waals surface area contributed by atoms with Crippen LogP contribution >= 0.6 is 11.3 Å². The Morgan fingerprint density at radius 1 is 1.37 bits per heavy atom. The number of hydrogen-bond donors (Lipinski definition) is 1. The van der Waals surface area contributed by atoms with E-state index in [9.17, 15) is 9.59 Å². The minimum atomic E-state index is -0.834. The summed E-state index contributed by atoms with van der Waals surface area (Å²) in [5, 5.41) is 10.5. The molecule has 0 saturated carbocycles. The van der Waals surface area contributed by atoms with E-state index in [0.29, 0.717) is 36.8 Å². The van der Waals surface area contributed by atoms with Crippen LogP contribution in [0.5, 0.6) is 5.75 Å². The molecule has 0 bridgehead atoms. The molecule has 0 atom stereocenters. The zero-order chi connectivity index (χ0) is 13.8. The minimum absolute atomic E-state index is 0.0321. The van der Waals surface area contributed by atoms with Crippen molar-refractivity contribution in [2.75, 3.05) is 39.8 Å². The lowest BCUT2D eigenvalue weighted by Crippen LogP contribution is -2.49. The van der Waals surface area contributed by atoms with Crippen molar-refractivity contribution in [1.82, 2.24) is 9.80 Å². The van der Waals surface area contributed by atoms with Crippen LogP contribution in [0.1, 0.15) is 9.67 Å². The fourth-order valence-electron chi connectivity index (χ4n) is 2.06. The number of aliphatic carboxylic acids is 1. The van der Waals surface area contributed by atoms with Crippen LogP contribution in [0.25, 0.3) is 0 Å². The number of carbonyl (C=O) groups excluding carboxylic acids is 1. The molecular weight excluding hydrogens is 268 g/mol. The maximum atomic E-state index is 12.3. The highest BCUT2D eigenvalue weighted by atomic mass is 32.1. The number of carboxylic acid groups (broad SMARTS) is 1. The molecule has 0 spiro atoms. The normalized spacial score (nSPS) is 16.4. The highest BCUT2D eigenvalue weighted by Crippen LogP contribution is 2.26. The van der Waals surface area contributed by atoms with Gasteiger partial charge in [-0.1, -0.05) is 0 Å². The van der Waals surface area contributed by atoms with E-state index in [4.69, 9.17) is 9.84 Å². The summed E-state index contributed by atoms with van der Waals surface area (Å²) in [6.07, 6.45) is 0. The molecule has 1 aliphatic rings. The second kappa shape index (κ2) is 6.03. The Kier molecular flexibility index (Phi) is 4.39. The number of amides is 1. The molecule has 1 aromatic heterocycles. The predicted molar refractivity (Wildman–Crippen MR) is 70.9 cm³/mol. The van der Waals surface area contributed by atoms with E-state index in [1.54, 1.807) is 18.1 Å². The third kappa shape index (κ3) is 3.24. The summed E-state index contributed by atoms with van der Waals surface area (Å²) in [5.41, 5.74) is 0. The number of nitrogens with zero attached hydrogens (tertiary/aromatic N) is 2. The zero-order valence-corrected chi connectivity index (χ0v) is 11.5. The fourth-order valence-corrected chi connectivity index (χ4v) is 2.88. The van der Waals surface area contributed by atoms with Crippen molar-refractivity contribution < 1.29 is 19.4 Å². The predicted octanol–water partition coefficient (Wildman–Crippen LogP) is 0.599. The number of methoxy groups -OCH3 is 1. The molecule has 0 aromatic carbocycles. The molecule has 7 heteroatoms. The Hall–Kier alpha value is -1.60. The van der Waals surface area contributed by atoms with Crippen LogP contribution < -0.4 is 4.74 Å². The van der Waals surface area contributed by atoms with Gasteiger partial charge in [0.15, 0.2) is 0 Å². The zero-order valence-electron chi connectivity index (χ0n) is 10.7. The van der Waals surface area contributed by atoms with Gasteiger partial charge in [0.25, 0.3) is 5.91 Å². The van der Waals surface area contributed by atoms with E-state index >= 15 is 0 Å². The first-order chi connectivity index (χ1) is 9.11. The summed E-state index contributed by atoms with van der Waals surface area (Å²) in [7, 11) is 1.55. The highest BCUT2D eigenvalue weighted by molar-refractivity contribution is 7.12. The first kappa shape index (κ1) is 13.8. The average Bonchev–Trinajstić information content (AvgIpc) is 2.86. The number of carbonyl (C=O) groups is 2. The van der Waals surface area contributed by atoms with E-state index in [1.165, 1.54) is 11.3 Å². The van der Waals surface area contributed by atoms with Gasteiger partial charge in [-0.15, -0.1) is 11.3 Å². The van der Waals surface area contributed by atoms with Gasteiger partial charge in [-0.3, -0.25) is 14.5 Å². The number of rotatable bonds is 4. The molecule has 2 rings (SSSR count). The molecule has 2 heterocycles. The molecule has 0 radical (unpaired) electrons. The van der Waals surface area contributed by atoms with Gasteiger partial charge in [0.05, 0.1) is 13.7 Å². The third-order valence-electron chi connectivity index (χ3n) is 3.06.